The Balaban J connectivity index is 1.92. The molecule has 2 rings (SSSR count). The molecular weight excluding hydrogens is 358 g/mol. The third kappa shape index (κ3) is 4.58. The second-order valence-corrected chi connectivity index (χ2v) is 5.44. The molecule has 0 atom stereocenters. The number of anilines is 1. The van der Waals surface area contributed by atoms with E-state index in [1.807, 2.05) is 6.07 Å². The normalized spacial score (nSPS) is 10.0. The lowest BCUT2D eigenvalue weighted by atomic mass is 10.2. The van der Waals surface area contributed by atoms with E-state index in [2.05, 4.69) is 21.2 Å². The zero-order chi connectivity index (χ0) is 15.2. The molecular formula is C15H11BrClNO3. The van der Waals surface area contributed by atoms with Gasteiger partial charge in [-0.25, -0.2) is 4.79 Å². The van der Waals surface area contributed by atoms with Gasteiger partial charge in [0, 0.05) is 10.2 Å². The van der Waals surface area contributed by atoms with Crippen LogP contribution in [0.25, 0.3) is 0 Å². The molecule has 6 heteroatoms. The Morgan fingerprint density at radius 3 is 2.57 bits per heavy atom. The Morgan fingerprint density at radius 1 is 1.14 bits per heavy atom. The van der Waals surface area contributed by atoms with Crippen molar-refractivity contribution in [3.8, 4) is 0 Å². The first-order valence-electron chi connectivity index (χ1n) is 6.03. The molecule has 0 bridgehead atoms. The molecule has 1 amide bonds. The van der Waals surface area contributed by atoms with E-state index in [0.29, 0.717) is 10.2 Å². The van der Waals surface area contributed by atoms with Crippen molar-refractivity contribution in [1.29, 1.82) is 0 Å². The van der Waals surface area contributed by atoms with Gasteiger partial charge in [-0.1, -0.05) is 45.7 Å². The number of nitrogens with one attached hydrogen (secondary N) is 1. The molecule has 1 N–H and O–H groups in total. The average Bonchev–Trinajstić information content (AvgIpc) is 2.48. The van der Waals surface area contributed by atoms with Crippen LogP contribution in [0.3, 0.4) is 0 Å². The number of rotatable bonds is 4. The number of ether oxygens (including phenoxy) is 1. The third-order valence-electron chi connectivity index (χ3n) is 2.54. The molecule has 21 heavy (non-hydrogen) atoms. The van der Waals surface area contributed by atoms with E-state index >= 15 is 0 Å². The number of hydrogen-bond donors (Lipinski definition) is 1. The molecule has 0 aromatic heterocycles. The zero-order valence-electron chi connectivity index (χ0n) is 10.8. The van der Waals surface area contributed by atoms with Crippen molar-refractivity contribution in [2.45, 2.75) is 0 Å². The standard InChI is InChI=1S/C15H11BrClNO3/c16-10-6-7-13(17)12(8-10)15(20)21-9-14(19)18-11-4-2-1-3-5-11/h1-8H,9H2,(H,18,19). The average molecular weight is 369 g/mol. The summed E-state index contributed by atoms with van der Waals surface area (Å²) in [5.74, 6) is -1.06. The molecule has 0 aliphatic heterocycles. The number of hydrogen-bond acceptors (Lipinski definition) is 3. The number of carbonyl (C=O) groups excluding carboxylic acids is 2. The van der Waals surface area contributed by atoms with Gasteiger partial charge in [-0.3, -0.25) is 4.79 Å². The molecule has 108 valence electrons. The lowest BCUT2D eigenvalue weighted by molar-refractivity contribution is -0.119. The molecule has 0 radical (unpaired) electrons. The summed E-state index contributed by atoms with van der Waals surface area (Å²) in [6.07, 6.45) is 0. The SMILES string of the molecule is O=C(COC(=O)c1cc(Br)ccc1Cl)Nc1ccccc1. The maximum Gasteiger partial charge on any atom is 0.340 e. The van der Waals surface area contributed by atoms with Gasteiger partial charge >= 0.3 is 5.97 Å². The van der Waals surface area contributed by atoms with Crippen molar-refractivity contribution >= 4 is 45.1 Å². The van der Waals surface area contributed by atoms with Crippen molar-refractivity contribution in [3.63, 3.8) is 0 Å². The van der Waals surface area contributed by atoms with E-state index in [4.69, 9.17) is 16.3 Å². The molecule has 0 aliphatic carbocycles. The molecule has 2 aromatic carbocycles. The number of benzene rings is 2. The fourth-order valence-electron chi connectivity index (χ4n) is 1.58. The Labute approximate surface area is 135 Å². The lowest BCUT2D eigenvalue weighted by Gasteiger charge is -2.07. The van der Waals surface area contributed by atoms with Crippen molar-refractivity contribution < 1.29 is 14.3 Å². The summed E-state index contributed by atoms with van der Waals surface area (Å²) in [6.45, 7) is -0.378. The van der Waals surface area contributed by atoms with Crippen LogP contribution < -0.4 is 5.32 Å². The van der Waals surface area contributed by atoms with Gasteiger partial charge in [-0.2, -0.15) is 0 Å². The van der Waals surface area contributed by atoms with Gasteiger partial charge in [-0.05, 0) is 30.3 Å². The highest BCUT2D eigenvalue weighted by Gasteiger charge is 2.14. The first-order chi connectivity index (χ1) is 10.1. The van der Waals surface area contributed by atoms with Gasteiger partial charge in [0.05, 0.1) is 10.6 Å². The van der Waals surface area contributed by atoms with Crippen LogP contribution in [-0.2, 0) is 9.53 Å². The van der Waals surface area contributed by atoms with Gasteiger partial charge in [0.2, 0.25) is 0 Å². The number of amides is 1. The fourth-order valence-corrected chi connectivity index (χ4v) is 2.14. The van der Waals surface area contributed by atoms with Crippen LogP contribution in [0, 0.1) is 0 Å². The van der Waals surface area contributed by atoms with Crippen LogP contribution in [-0.4, -0.2) is 18.5 Å². The maximum absolute atomic E-state index is 11.9. The monoisotopic (exact) mass is 367 g/mol. The second kappa shape index (κ2) is 7.24. The van der Waals surface area contributed by atoms with Crippen LogP contribution in [0.4, 0.5) is 5.69 Å². The summed E-state index contributed by atoms with van der Waals surface area (Å²) in [5.41, 5.74) is 0.845. The van der Waals surface area contributed by atoms with E-state index in [0.717, 1.165) is 0 Å². The summed E-state index contributed by atoms with van der Waals surface area (Å²) in [6, 6.07) is 13.7. The molecule has 0 aliphatic rings. The first kappa shape index (κ1) is 15.5. The topological polar surface area (TPSA) is 55.4 Å². The number of carbonyl (C=O) groups is 2. The Hall–Kier alpha value is -1.85. The van der Waals surface area contributed by atoms with Crippen LogP contribution in [0.5, 0.6) is 0 Å². The predicted molar refractivity (Wildman–Crippen MR) is 84.5 cm³/mol. The van der Waals surface area contributed by atoms with Gasteiger partial charge in [-0.15, -0.1) is 0 Å². The maximum atomic E-state index is 11.9. The van der Waals surface area contributed by atoms with Crippen LogP contribution in [0.1, 0.15) is 10.4 Å². The summed E-state index contributed by atoms with van der Waals surface area (Å²) in [5, 5.41) is 2.89. The molecule has 4 nitrogen and oxygen atoms in total. The smallest absolute Gasteiger partial charge is 0.340 e. The van der Waals surface area contributed by atoms with Crippen LogP contribution in [0.15, 0.2) is 53.0 Å². The summed E-state index contributed by atoms with van der Waals surface area (Å²) >= 11 is 9.16. The predicted octanol–water partition coefficient (Wildman–Crippen LogP) is 3.90. The van der Waals surface area contributed by atoms with Crippen LogP contribution >= 0.6 is 27.5 Å². The highest BCUT2D eigenvalue weighted by Crippen LogP contribution is 2.21. The molecule has 0 fully saturated rings. The van der Waals surface area contributed by atoms with Crippen LogP contribution in [0.2, 0.25) is 5.02 Å². The van der Waals surface area contributed by atoms with Gasteiger partial charge in [0.15, 0.2) is 6.61 Å². The number of halogens is 2. The fraction of sp³-hybridized carbons (Fsp3) is 0.0667. The summed E-state index contributed by atoms with van der Waals surface area (Å²) in [4.78, 5) is 23.5. The van der Waals surface area contributed by atoms with E-state index in [1.165, 1.54) is 0 Å². The highest BCUT2D eigenvalue weighted by molar-refractivity contribution is 9.10. The highest BCUT2D eigenvalue weighted by atomic mass is 79.9. The second-order valence-electron chi connectivity index (χ2n) is 4.11. The number of esters is 1. The van der Waals surface area contributed by atoms with Crippen molar-refractivity contribution in [2.75, 3.05) is 11.9 Å². The van der Waals surface area contributed by atoms with E-state index in [-0.39, 0.29) is 17.2 Å². The molecule has 0 saturated carbocycles. The van der Waals surface area contributed by atoms with E-state index in [9.17, 15) is 9.59 Å². The van der Waals surface area contributed by atoms with Crippen molar-refractivity contribution in [1.82, 2.24) is 0 Å². The van der Waals surface area contributed by atoms with Gasteiger partial charge < -0.3 is 10.1 Å². The van der Waals surface area contributed by atoms with Gasteiger partial charge in [0.1, 0.15) is 0 Å². The molecule has 0 heterocycles. The van der Waals surface area contributed by atoms with E-state index < -0.39 is 11.9 Å². The minimum absolute atomic E-state index is 0.207. The quantitative estimate of drug-likeness (QED) is 0.833. The number of para-hydroxylation sites is 1. The molecule has 0 spiro atoms. The Bertz CT molecular complexity index is 661. The van der Waals surface area contributed by atoms with Gasteiger partial charge in [0.25, 0.3) is 5.91 Å². The van der Waals surface area contributed by atoms with E-state index in [1.54, 1.807) is 42.5 Å². The lowest BCUT2D eigenvalue weighted by Crippen LogP contribution is -2.21. The largest absolute Gasteiger partial charge is 0.452 e. The van der Waals surface area contributed by atoms with Crippen molar-refractivity contribution in [2.24, 2.45) is 0 Å². The molecule has 0 unspecified atom stereocenters. The minimum atomic E-state index is -0.649. The zero-order valence-corrected chi connectivity index (χ0v) is 13.1. The Kier molecular flexibility index (Phi) is 5.36. The van der Waals surface area contributed by atoms with Crippen molar-refractivity contribution in [3.05, 3.63) is 63.6 Å². The first-order valence-corrected chi connectivity index (χ1v) is 7.20. The molecule has 0 saturated heterocycles. The minimum Gasteiger partial charge on any atom is -0.452 e. The molecule has 2 aromatic rings. The Morgan fingerprint density at radius 2 is 1.86 bits per heavy atom. The summed E-state index contributed by atoms with van der Waals surface area (Å²) in [7, 11) is 0. The summed E-state index contributed by atoms with van der Waals surface area (Å²) < 4.78 is 5.64. The third-order valence-corrected chi connectivity index (χ3v) is 3.36.